The maximum absolute atomic E-state index is 13.3. The lowest BCUT2D eigenvalue weighted by atomic mass is 9.98. The molecule has 0 unspecified atom stereocenters. The zero-order valence-corrected chi connectivity index (χ0v) is 19.5. The molecule has 0 atom stereocenters. The van der Waals surface area contributed by atoms with Crippen LogP contribution in [0, 0.1) is 5.92 Å². The van der Waals surface area contributed by atoms with Crippen molar-refractivity contribution in [1.29, 1.82) is 0 Å². The summed E-state index contributed by atoms with van der Waals surface area (Å²) >= 11 is -0.169. The Morgan fingerprint density at radius 1 is 1.21 bits per heavy atom. The first-order chi connectivity index (χ1) is 15.6. The Morgan fingerprint density at radius 3 is 2.36 bits per heavy atom. The van der Waals surface area contributed by atoms with Crippen molar-refractivity contribution in [3.8, 4) is 0 Å². The minimum absolute atomic E-state index is 0.0228. The molecule has 0 saturated carbocycles. The highest BCUT2D eigenvalue weighted by atomic mass is 32.2. The number of benzene rings is 1. The second-order valence-electron chi connectivity index (χ2n) is 8.10. The Hall–Kier alpha value is -1.38. The van der Waals surface area contributed by atoms with Gasteiger partial charge in [-0.2, -0.15) is 13.2 Å². The number of ether oxygens (including phenoxy) is 2. The summed E-state index contributed by atoms with van der Waals surface area (Å²) in [4.78, 5) is 12.4. The van der Waals surface area contributed by atoms with Gasteiger partial charge >= 0.3 is 5.51 Å². The predicted octanol–water partition coefficient (Wildman–Crippen LogP) is 2.91. The van der Waals surface area contributed by atoms with Crippen molar-refractivity contribution in [2.75, 3.05) is 32.9 Å². The number of carbonyl (C=O) groups is 1. The smallest absolute Gasteiger partial charge is 0.381 e. The van der Waals surface area contributed by atoms with Gasteiger partial charge in [0.15, 0.2) is 4.75 Å². The highest BCUT2D eigenvalue weighted by Crippen LogP contribution is 2.37. The molecule has 2 heterocycles. The van der Waals surface area contributed by atoms with Crippen LogP contribution in [0.3, 0.4) is 0 Å². The fourth-order valence-corrected chi connectivity index (χ4v) is 6.79. The summed E-state index contributed by atoms with van der Waals surface area (Å²) in [6.07, 6.45) is 1.05. The maximum atomic E-state index is 13.3. The summed E-state index contributed by atoms with van der Waals surface area (Å²) in [6, 6.07) is 5.97. The lowest BCUT2D eigenvalue weighted by molar-refractivity contribution is -0.134. The average Bonchev–Trinajstić information content (AvgIpc) is 2.79. The first-order valence-electron chi connectivity index (χ1n) is 10.5. The number of hydrogen-bond acceptors (Lipinski definition) is 7. The molecule has 186 valence electrons. The third kappa shape index (κ3) is 6.40. The quantitative estimate of drug-likeness (QED) is 0.314. The molecule has 2 N–H and O–H groups in total. The van der Waals surface area contributed by atoms with E-state index in [4.69, 9.17) is 14.7 Å². The average molecular weight is 513 g/mol. The van der Waals surface area contributed by atoms with Crippen LogP contribution in [0.5, 0.6) is 0 Å². The van der Waals surface area contributed by atoms with Gasteiger partial charge < -0.3 is 9.47 Å². The number of rotatable bonds is 8. The van der Waals surface area contributed by atoms with E-state index in [9.17, 15) is 26.4 Å². The van der Waals surface area contributed by atoms with E-state index in [-0.39, 0.29) is 68.3 Å². The fraction of sp³-hybridized carbons (Fsp3) is 0.650. The van der Waals surface area contributed by atoms with E-state index in [0.29, 0.717) is 19.4 Å². The molecule has 0 aliphatic carbocycles. The molecule has 2 fully saturated rings. The first-order valence-corrected chi connectivity index (χ1v) is 12.8. The summed E-state index contributed by atoms with van der Waals surface area (Å²) in [7, 11) is -4.00. The van der Waals surface area contributed by atoms with E-state index in [1.807, 2.05) is 0 Å². The molecule has 0 bridgehead atoms. The van der Waals surface area contributed by atoms with Gasteiger partial charge in [-0.3, -0.25) is 10.0 Å². The molecular formula is C20H27F3N2O6S2. The van der Waals surface area contributed by atoms with Crippen LogP contribution < -0.4 is 5.48 Å². The van der Waals surface area contributed by atoms with Gasteiger partial charge in [0.25, 0.3) is 5.91 Å². The minimum atomic E-state index is -4.33. The van der Waals surface area contributed by atoms with Gasteiger partial charge in [-0.25, -0.2) is 18.2 Å². The molecule has 1 aromatic rings. The van der Waals surface area contributed by atoms with Gasteiger partial charge in [0.1, 0.15) is 0 Å². The summed E-state index contributed by atoms with van der Waals surface area (Å²) < 4.78 is 74.2. The molecule has 33 heavy (non-hydrogen) atoms. The Labute approximate surface area is 194 Å². The van der Waals surface area contributed by atoms with Crippen molar-refractivity contribution in [3.05, 3.63) is 29.8 Å². The summed E-state index contributed by atoms with van der Waals surface area (Å²) in [6.45, 7) is 1.35. The molecule has 8 nitrogen and oxygen atoms in total. The molecule has 0 radical (unpaired) electrons. The SMILES string of the molecule is O=C(NO)C1(S(=O)(=O)N2CCC(COCc3ccc(SC(F)(F)F)cc3)CC2)CCOCC1. The van der Waals surface area contributed by atoms with Gasteiger partial charge in [0, 0.05) is 50.6 Å². The largest absolute Gasteiger partial charge is 0.446 e. The highest BCUT2D eigenvalue weighted by molar-refractivity contribution is 8.00. The lowest BCUT2D eigenvalue weighted by Gasteiger charge is -2.40. The van der Waals surface area contributed by atoms with Gasteiger partial charge in [-0.15, -0.1) is 0 Å². The van der Waals surface area contributed by atoms with Crippen LogP contribution in [-0.4, -0.2) is 67.0 Å². The van der Waals surface area contributed by atoms with Crippen LogP contribution in [0.1, 0.15) is 31.2 Å². The number of nitrogens with one attached hydrogen (secondary N) is 1. The Bertz CT molecular complexity index is 897. The standard InChI is InChI=1S/C20H27F3N2O6S2/c21-20(22,23)32-17-3-1-15(2-4-17)13-31-14-16-5-9-25(10-6-16)33(28,29)19(18(26)24-27)7-11-30-12-8-19/h1-4,16,27H,5-14H2,(H,24,26). The second-order valence-corrected chi connectivity index (χ2v) is 11.5. The number of hydrogen-bond donors (Lipinski definition) is 2. The highest BCUT2D eigenvalue weighted by Gasteiger charge is 2.54. The Balaban J connectivity index is 1.49. The van der Waals surface area contributed by atoms with E-state index in [1.165, 1.54) is 21.9 Å². The van der Waals surface area contributed by atoms with Crippen LogP contribution in [0.2, 0.25) is 0 Å². The van der Waals surface area contributed by atoms with Crippen molar-refractivity contribution >= 4 is 27.7 Å². The third-order valence-electron chi connectivity index (χ3n) is 6.00. The number of alkyl halides is 3. The number of amides is 1. The van der Waals surface area contributed by atoms with E-state index >= 15 is 0 Å². The number of nitrogens with zero attached hydrogens (tertiary/aromatic N) is 1. The molecule has 0 aromatic heterocycles. The molecular weight excluding hydrogens is 485 g/mol. The van der Waals surface area contributed by atoms with Crippen LogP contribution in [0.25, 0.3) is 0 Å². The number of hydroxylamine groups is 1. The molecule has 0 spiro atoms. The normalized spacial score (nSPS) is 20.5. The van der Waals surface area contributed by atoms with Crippen molar-refractivity contribution < 1.29 is 41.1 Å². The number of halogens is 3. The van der Waals surface area contributed by atoms with Crippen molar-refractivity contribution in [2.24, 2.45) is 5.92 Å². The number of sulfonamides is 1. The van der Waals surface area contributed by atoms with Gasteiger partial charge in [0.05, 0.1) is 6.61 Å². The van der Waals surface area contributed by atoms with Crippen molar-refractivity contribution in [3.63, 3.8) is 0 Å². The van der Waals surface area contributed by atoms with Crippen molar-refractivity contribution in [2.45, 2.75) is 47.4 Å². The third-order valence-corrected chi connectivity index (χ3v) is 9.37. The van der Waals surface area contributed by atoms with E-state index < -0.39 is 26.2 Å². The fourth-order valence-electron chi connectivity index (χ4n) is 4.10. The molecule has 2 aliphatic rings. The molecule has 1 aromatic carbocycles. The van der Waals surface area contributed by atoms with Gasteiger partial charge in [0.2, 0.25) is 10.0 Å². The second kappa shape index (κ2) is 10.9. The summed E-state index contributed by atoms with van der Waals surface area (Å²) in [5.41, 5.74) is -2.07. The Morgan fingerprint density at radius 2 is 1.82 bits per heavy atom. The monoisotopic (exact) mass is 512 g/mol. The zero-order chi connectivity index (χ0) is 24.1. The van der Waals surface area contributed by atoms with Gasteiger partial charge in [-0.1, -0.05) is 12.1 Å². The summed E-state index contributed by atoms with van der Waals surface area (Å²) in [5, 5.41) is 9.12. The molecule has 2 saturated heterocycles. The Kier molecular flexibility index (Phi) is 8.67. The van der Waals surface area contributed by atoms with E-state index in [0.717, 1.165) is 5.56 Å². The molecule has 2 aliphatic heterocycles. The van der Waals surface area contributed by atoms with Crippen LogP contribution in [0.4, 0.5) is 13.2 Å². The number of piperidine rings is 1. The van der Waals surface area contributed by atoms with Crippen LogP contribution in [-0.2, 0) is 30.9 Å². The number of thioether (sulfide) groups is 1. The number of carbonyl (C=O) groups excluding carboxylic acids is 1. The van der Waals surface area contributed by atoms with Crippen molar-refractivity contribution in [1.82, 2.24) is 9.79 Å². The molecule has 1 amide bonds. The van der Waals surface area contributed by atoms with Crippen LogP contribution >= 0.6 is 11.8 Å². The summed E-state index contributed by atoms with van der Waals surface area (Å²) in [5.74, 6) is -0.815. The van der Waals surface area contributed by atoms with E-state index in [2.05, 4.69) is 0 Å². The van der Waals surface area contributed by atoms with Crippen LogP contribution in [0.15, 0.2) is 29.2 Å². The lowest BCUT2D eigenvalue weighted by Crippen LogP contribution is -2.60. The predicted molar refractivity (Wildman–Crippen MR) is 114 cm³/mol. The minimum Gasteiger partial charge on any atom is -0.381 e. The van der Waals surface area contributed by atoms with Gasteiger partial charge in [-0.05, 0) is 48.2 Å². The molecule has 3 rings (SSSR count). The van der Waals surface area contributed by atoms with E-state index in [1.54, 1.807) is 12.1 Å². The topological polar surface area (TPSA) is 105 Å². The maximum Gasteiger partial charge on any atom is 0.446 e. The zero-order valence-electron chi connectivity index (χ0n) is 17.8. The molecule has 13 heteroatoms. The first kappa shape index (κ1) is 26.2.